The number of benzene rings is 1. The smallest absolute Gasteiger partial charge is 0.136 e. The van der Waals surface area contributed by atoms with Crippen LogP contribution in [0.1, 0.15) is 31.9 Å². The average molecular weight is 314 g/mol. The molecule has 0 fully saturated rings. The summed E-state index contributed by atoms with van der Waals surface area (Å²) in [7, 11) is -1.20. The molecule has 1 unspecified atom stereocenters. The van der Waals surface area contributed by atoms with Crippen LogP contribution in [-0.4, -0.2) is 26.5 Å². The van der Waals surface area contributed by atoms with E-state index in [0.717, 1.165) is 5.56 Å². The zero-order chi connectivity index (χ0) is 12.5. The third kappa shape index (κ3) is 5.46. The summed E-state index contributed by atoms with van der Waals surface area (Å²) in [5.41, 5.74) is 7.21. The van der Waals surface area contributed by atoms with Gasteiger partial charge in [0.25, 0.3) is 0 Å². The first-order chi connectivity index (χ1) is 7.27. The van der Waals surface area contributed by atoms with E-state index in [4.69, 9.17) is 5.73 Å². The van der Waals surface area contributed by atoms with Crippen molar-refractivity contribution in [3.8, 4) is 5.75 Å². The van der Waals surface area contributed by atoms with Crippen LogP contribution < -0.4 is 5.73 Å². The van der Waals surface area contributed by atoms with E-state index in [9.17, 15) is 9.32 Å². The Morgan fingerprint density at radius 2 is 1.74 bits per heavy atom. The third-order valence-corrected chi connectivity index (χ3v) is 3.48. The van der Waals surface area contributed by atoms with Crippen LogP contribution in [0.5, 0.6) is 5.75 Å². The molecular weight excluding hydrogens is 290 g/mol. The second-order valence-corrected chi connectivity index (χ2v) is 6.24. The van der Waals surface area contributed by atoms with Gasteiger partial charge in [0, 0.05) is 18.4 Å². The minimum Gasteiger partial charge on any atom is -0.506 e. The molecule has 5 nitrogen and oxygen atoms in total. The monoisotopic (exact) mass is 313 g/mol. The lowest BCUT2D eigenvalue weighted by atomic mass is 9.86. The summed E-state index contributed by atoms with van der Waals surface area (Å²) in [6, 6.07) is 3.68. The number of rotatable bonds is 2. The molecule has 0 bridgehead atoms. The highest BCUT2D eigenvalue weighted by molar-refractivity contribution is 7.84. The zero-order valence-corrected chi connectivity index (χ0v) is 13.2. The highest BCUT2D eigenvalue weighted by Gasteiger charge is 2.19. The molecule has 0 spiro atoms. The molecule has 0 saturated heterocycles. The largest absolute Gasteiger partial charge is 0.506 e. The highest BCUT2D eigenvalue weighted by atomic mass is 35.5. The van der Waals surface area contributed by atoms with Gasteiger partial charge in [0.15, 0.2) is 0 Å². The number of hydrogen-bond donors (Lipinski definition) is 2. The zero-order valence-electron chi connectivity index (χ0n) is 11.6. The number of hydrogen-bond acceptors (Lipinski definition) is 3. The summed E-state index contributed by atoms with van der Waals surface area (Å²) in [5, 5.41) is 9.88. The lowest BCUT2D eigenvalue weighted by molar-refractivity contribution is 0.452. The Morgan fingerprint density at radius 1 is 1.26 bits per heavy atom. The lowest BCUT2D eigenvalue weighted by Gasteiger charge is -2.21. The predicted molar refractivity (Wildman–Crippen MR) is 81.5 cm³/mol. The van der Waals surface area contributed by atoms with Gasteiger partial charge in [-0.2, -0.15) is 0 Å². The maximum Gasteiger partial charge on any atom is 0.136 e. The maximum absolute atomic E-state index is 11.5. The molecule has 0 aliphatic heterocycles. The first-order valence-corrected chi connectivity index (χ1v) is 6.73. The Labute approximate surface area is 122 Å². The van der Waals surface area contributed by atoms with Crippen molar-refractivity contribution in [2.75, 3.05) is 6.26 Å². The van der Waals surface area contributed by atoms with Gasteiger partial charge in [0.2, 0.25) is 0 Å². The Morgan fingerprint density at radius 3 is 2.05 bits per heavy atom. The van der Waals surface area contributed by atoms with E-state index in [1.165, 1.54) is 0 Å². The average Bonchev–Trinajstić information content (AvgIpc) is 2.15. The Bertz CT molecular complexity index is 432. The number of phenols is 1. The lowest BCUT2D eigenvalue weighted by Crippen LogP contribution is -2.13. The normalized spacial score (nSPS) is 11.6. The molecule has 0 aliphatic carbocycles. The van der Waals surface area contributed by atoms with Crippen LogP contribution in [0.25, 0.3) is 0 Å². The van der Waals surface area contributed by atoms with E-state index in [-0.39, 0.29) is 41.1 Å². The molecule has 7 heteroatoms. The Balaban J connectivity index is -0.000000853. The summed E-state index contributed by atoms with van der Waals surface area (Å²) in [6.07, 6.45) is 1.56. The Hall–Kier alpha value is -0.660. The molecule has 0 aromatic heterocycles. The van der Waals surface area contributed by atoms with Gasteiger partial charge in [-0.1, -0.05) is 26.8 Å². The second kappa shape index (κ2) is 8.50. The molecule has 114 valence electrons. The summed E-state index contributed by atoms with van der Waals surface area (Å²) in [6.45, 7) is 6.46. The van der Waals surface area contributed by atoms with Gasteiger partial charge in [-0.15, -0.1) is 12.4 Å². The molecule has 7 N–H and O–H groups in total. The van der Waals surface area contributed by atoms with Crippen LogP contribution in [0.15, 0.2) is 17.0 Å². The standard InChI is InChI=1S/C12H19NO2S.ClH.2H2O/c1-12(2,3)9-5-8(7-13)11(14)10(6-9)16(4)15;;;/h5-6,14H,7,13H2,1-4H3;1H;2*1H2. The third-order valence-electron chi connectivity index (χ3n) is 2.55. The van der Waals surface area contributed by atoms with Crippen molar-refractivity contribution in [3.05, 3.63) is 23.3 Å². The molecule has 0 saturated carbocycles. The van der Waals surface area contributed by atoms with Crippen LogP contribution in [0.3, 0.4) is 0 Å². The molecule has 0 radical (unpaired) electrons. The van der Waals surface area contributed by atoms with E-state index < -0.39 is 10.8 Å². The van der Waals surface area contributed by atoms with Crippen molar-refractivity contribution >= 4 is 23.2 Å². The van der Waals surface area contributed by atoms with E-state index >= 15 is 0 Å². The quantitative estimate of drug-likeness (QED) is 0.832. The van der Waals surface area contributed by atoms with Crippen molar-refractivity contribution in [3.63, 3.8) is 0 Å². The van der Waals surface area contributed by atoms with Crippen LogP contribution in [-0.2, 0) is 22.8 Å². The molecule has 19 heavy (non-hydrogen) atoms. The summed E-state index contributed by atoms with van der Waals surface area (Å²) in [4.78, 5) is 0.466. The topological polar surface area (TPSA) is 126 Å². The maximum atomic E-state index is 11.5. The summed E-state index contributed by atoms with van der Waals surface area (Å²) in [5.74, 6) is 0.0660. The van der Waals surface area contributed by atoms with Gasteiger partial charge in [-0.3, -0.25) is 4.21 Å². The number of aromatic hydroxyl groups is 1. The van der Waals surface area contributed by atoms with Gasteiger partial charge in [0.05, 0.1) is 15.7 Å². The van der Waals surface area contributed by atoms with Gasteiger partial charge >= 0.3 is 0 Å². The summed E-state index contributed by atoms with van der Waals surface area (Å²) < 4.78 is 11.5. The molecule has 0 heterocycles. The van der Waals surface area contributed by atoms with Crippen LogP contribution in [0, 0.1) is 0 Å². The van der Waals surface area contributed by atoms with Crippen molar-refractivity contribution in [1.29, 1.82) is 0 Å². The van der Waals surface area contributed by atoms with Gasteiger partial charge < -0.3 is 21.8 Å². The van der Waals surface area contributed by atoms with Gasteiger partial charge in [-0.05, 0) is 17.0 Å². The second-order valence-electron chi connectivity index (χ2n) is 4.89. The minimum absolute atomic E-state index is 0. The summed E-state index contributed by atoms with van der Waals surface area (Å²) >= 11 is 0. The molecule has 1 atom stereocenters. The van der Waals surface area contributed by atoms with Crippen LogP contribution >= 0.6 is 12.4 Å². The molecular formula is C12H24ClNO4S. The van der Waals surface area contributed by atoms with E-state index in [2.05, 4.69) is 20.8 Å². The molecule has 0 amide bonds. The molecule has 1 aromatic carbocycles. The van der Waals surface area contributed by atoms with Crippen molar-refractivity contribution in [1.82, 2.24) is 0 Å². The Kier molecular flexibility index (Phi) is 10.5. The molecule has 0 aliphatic rings. The first-order valence-electron chi connectivity index (χ1n) is 5.17. The SMILES string of the molecule is CS(=O)c1cc(C(C)(C)C)cc(CN)c1O.Cl.O.O. The van der Waals surface area contributed by atoms with Gasteiger partial charge in [0.1, 0.15) is 5.75 Å². The highest BCUT2D eigenvalue weighted by Crippen LogP contribution is 2.32. The predicted octanol–water partition coefficient (Wildman–Crippen LogP) is 0.658. The fourth-order valence-corrected chi connectivity index (χ4v) is 2.17. The van der Waals surface area contributed by atoms with Crippen molar-refractivity contribution in [2.45, 2.75) is 37.6 Å². The number of halogens is 1. The number of nitrogens with two attached hydrogens (primary N) is 1. The minimum atomic E-state index is -1.20. The van der Waals surface area contributed by atoms with Gasteiger partial charge in [-0.25, -0.2) is 0 Å². The van der Waals surface area contributed by atoms with Crippen molar-refractivity contribution < 1.29 is 20.3 Å². The molecule has 1 aromatic rings. The van der Waals surface area contributed by atoms with E-state index in [0.29, 0.717) is 10.5 Å². The van der Waals surface area contributed by atoms with E-state index in [1.54, 1.807) is 12.3 Å². The molecule has 1 rings (SSSR count). The fraction of sp³-hybridized carbons (Fsp3) is 0.500. The van der Waals surface area contributed by atoms with Crippen LogP contribution in [0.2, 0.25) is 0 Å². The first kappa shape index (κ1) is 23.4. The van der Waals surface area contributed by atoms with Crippen molar-refractivity contribution in [2.24, 2.45) is 5.73 Å². The fourth-order valence-electron chi connectivity index (χ4n) is 1.47. The number of phenolic OH excluding ortho intramolecular Hbond substituents is 1. The van der Waals surface area contributed by atoms with E-state index in [1.807, 2.05) is 6.07 Å². The van der Waals surface area contributed by atoms with Crippen LogP contribution in [0.4, 0.5) is 0 Å².